The van der Waals surface area contributed by atoms with E-state index < -0.39 is 32.0 Å². The van der Waals surface area contributed by atoms with Crippen molar-refractivity contribution in [2.75, 3.05) is 13.2 Å². The van der Waals surface area contributed by atoms with Gasteiger partial charge in [0.2, 0.25) is 0 Å². The molecule has 2 atom stereocenters. The molecule has 0 aliphatic carbocycles. The minimum atomic E-state index is -4.84. The van der Waals surface area contributed by atoms with E-state index in [9.17, 15) is 27.4 Å². The zero-order chi connectivity index (χ0) is 11.7. The van der Waals surface area contributed by atoms with Gasteiger partial charge in [-0.2, -0.15) is 13.2 Å². The fourth-order valence-electron chi connectivity index (χ4n) is 1.03. The minimum absolute atomic E-state index is 0. The maximum Gasteiger partial charge on any atom is 1.00 e. The van der Waals surface area contributed by atoms with E-state index in [0.29, 0.717) is 0 Å². The summed E-state index contributed by atoms with van der Waals surface area (Å²) in [5.74, 6) is -1.06. The van der Waals surface area contributed by atoms with Crippen LogP contribution in [0.5, 0.6) is 0 Å². The van der Waals surface area contributed by atoms with Gasteiger partial charge in [0.25, 0.3) is 0 Å². The minimum Gasteiger partial charge on any atom is -0.778 e. The summed E-state index contributed by atoms with van der Waals surface area (Å²) in [6.07, 6.45) is -4.92. The van der Waals surface area contributed by atoms with Crippen molar-refractivity contribution >= 4 is 13.6 Å². The molecule has 1 saturated heterocycles. The summed E-state index contributed by atoms with van der Waals surface area (Å²) in [4.78, 5) is 21.9. The number of carbonyl (C=O) groups is 1. The number of carbonyl (C=O) groups excluding carboxylic acids is 1. The van der Waals surface area contributed by atoms with Crippen LogP contribution in [0.3, 0.4) is 0 Å². The van der Waals surface area contributed by atoms with Gasteiger partial charge < -0.3 is 18.7 Å². The molecule has 0 aromatic rings. The van der Waals surface area contributed by atoms with Gasteiger partial charge in [0.15, 0.2) is 0 Å². The van der Waals surface area contributed by atoms with Crippen molar-refractivity contribution in [3.8, 4) is 0 Å². The van der Waals surface area contributed by atoms with E-state index in [-0.39, 0.29) is 31.9 Å². The topological polar surface area (TPSA) is 75.7 Å². The smallest absolute Gasteiger partial charge is 0.778 e. The Morgan fingerprint density at radius 3 is 2.50 bits per heavy atom. The normalized spacial score (nSPS) is 24.5. The van der Waals surface area contributed by atoms with E-state index in [1.807, 2.05) is 0 Å². The summed E-state index contributed by atoms with van der Waals surface area (Å²) in [5, 5.41) is 0. The molecule has 1 fully saturated rings. The van der Waals surface area contributed by atoms with Gasteiger partial charge in [0, 0.05) is 6.42 Å². The van der Waals surface area contributed by atoms with Gasteiger partial charge in [-0.15, -0.1) is 0 Å². The van der Waals surface area contributed by atoms with Crippen LogP contribution < -0.4 is 23.8 Å². The number of cyclic esters (lactones) is 1. The predicted molar refractivity (Wildman–Crippen MR) is 39.0 cm³/mol. The zero-order valence-electron chi connectivity index (χ0n) is 8.32. The van der Waals surface area contributed by atoms with E-state index in [0.717, 1.165) is 0 Å². The van der Waals surface area contributed by atoms with E-state index >= 15 is 0 Å². The van der Waals surface area contributed by atoms with Crippen molar-refractivity contribution in [1.82, 2.24) is 0 Å². The molecule has 88 valence electrons. The molecule has 0 bridgehead atoms. The SMILES string of the molecule is O=C1OCCC1P(=O)([O-])OCC(F)(F)F.[Li+]. The molecule has 2 unspecified atom stereocenters. The van der Waals surface area contributed by atoms with Crippen LogP contribution in [0, 0.1) is 0 Å². The third kappa shape index (κ3) is 4.48. The first-order valence-electron chi connectivity index (χ1n) is 3.91. The quantitative estimate of drug-likeness (QED) is 0.314. The van der Waals surface area contributed by atoms with Crippen LogP contribution in [-0.2, 0) is 18.6 Å². The van der Waals surface area contributed by atoms with Gasteiger partial charge in [-0.1, -0.05) is 0 Å². The average Bonchev–Trinajstić information content (AvgIpc) is 2.47. The van der Waals surface area contributed by atoms with Crippen molar-refractivity contribution in [1.29, 1.82) is 0 Å². The molecular formula is C6H7F3LiO5P. The third-order valence-electron chi connectivity index (χ3n) is 1.70. The van der Waals surface area contributed by atoms with Crippen molar-refractivity contribution in [3.63, 3.8) is 0 Å². The first-order chi connectivity index (χ1) is 6.72. The van der Waals surface area contributed by atoms with Gasteiger partial charge in [0.05, 0.1) is 6.61 Å². The number of esters is 1. The van der Waals surface area contributed by atoms with Gasteiger partial charge in [-0.3, -0.25) is 4.79 Å². The van der Waals surface area contributed by atoms with Crippen LogP contribution in [-0.4, -0.2) is 31.0 Å². The van der Waals surface area contributed by atoms with E-state index in [4.69, 9.17) is 0 Å². The molecule has 16 heavy (non-hydrogen) atoms. The van der Waals surface area contributed by atoms with Crippen molar-refractivity contribution in [3.05, 3.63) is 0 Å². The Bertz CT molecular complexity index is 307. The zero-order valence-corrected chi connectivity index (χ0v) is 9.22. The molecule has 1 rings (SSSR count). The molecular weight excluding hydrogens is 247 g/mol. The Hall–Kier alpha value is 0.00740. The second-order valence-corrected chi connectivity index (χ2v) is 4.86. The van der Waals surface area contributed by atoms with Gasteiger partial charge in [-0.05, 0) is 0 Å². The van der Waals surface area contributed by atoms with Gasteiger partial charge >= 0.3 is 31.0 Å². The first-order valence-corrected chi connectivity index (χ1v) is 5.52. The second-order valence-electron chi connectivity index (χ2n) is 2.90. The van der Waals surface area contributed by atoms with Crippen LogP contribution in [0.2, 0.25) is 0 Å². The predicted octanol–water partition coefficient (Wildman–Crippen LogP) is -2.56. The Kier molecular flexibility index (Phi) is 5.57. The second kappa shape index (κ2) is 5.56. The number of halogens is 3. The fourth-order valence-corrected chi connectivity index (χ4v) is 2.29. The molecule has 0 aromatic heterocycles. The summed E-state index contributed by atoms with van der Waals surface area (Å²) in [7, 11) is -4.84. The molecule has 0 amide bonds. The Balaban J connectivity index is 0.00000225. The Labute approximate surface area is 101 Å². The van der Waals surface area contributed by atoms with Crippen LogP contribution in [0.25, 0.3) is 0 Å². The third-order valence-corrected chi connectivity index (χ3v) is 3.42. The molecule has 1 heterocycles. The molecule has 1 aliphatic heterocycles. The Morgan fingerprint density at radius 1 is 1.56 bits per heavy atom. The molecule has 0 radical (unpaired) electrons. The molecule has 0 saturated carbocycles. The van der Waals surface area contributed by atoms with Crippen LogP contribution in [0.4, 0.5) is 13.2 Å². The van der Waals surface area contributed by atoms with E-state index in [1.54, 1.807) is 0 Å². The Morgan fingerprint density at radius 2 is 2.12 bits per heavy atom. The summed E-state index contributed by atoms with van der Waals surface area (Å²) in [6.45, 7) is -2.04. The van der Waals surface area contributed by atoms with Crippen molar-refractivity contribution in [2.45, 2.75) is 18.3 Å². The monoisotopic (exact) mass is 254 g/mol. The molecule has 5 nitrogen and oxygen atoms in total. The molecule has 0 N–H and O–H groups in total. The summed E-state index contributed by atoms with van der Waals surface area (Å²) in [6, 6.07) is 0. The molecule has 0 aromatic carbocycles. The number of rotatable bonds is 3. The van der Waals surface area contributed by atoms with Crippen LogP contribution in [0.15, 0.2) is 0 Å². The van der Waals surface area contributed by atoms with Crippen LogP contribution in [0.1, 0.15) is 6.42 Å². The van der Waals surface area contributed by atoms with E-state index in [2.05, 4.69) is 9.26 Å². The molecule has 1 aliphatic rings. The van der Waals surface area contributed by atoms with E-state index in [1.165, 1.54) is 0 Å². The maximum absolute atomic E-state index is 11.7. The number of alkyl halides is 3. The summed E-state index contributed by atoms with van der Waals surface area (Å²) < 4.78 is 54.1. The molecule has 0 spiro atoms. The van der Waals surface area contributed by atoms with Gasteiger partial charge in [-0.25, -0.2) is 0 Å². The van der Waals surface area contributed by atoms with Gasteiger partial charge in [0.1, 0.15) is 19.9 Å². The largest absolute Gasteiger partial charge is 1.00 e. The first kappa shape index (κ1) is 16.0. The van der Waals surface area contributed by atoms with Crippen molar-refractivity contribution in [2.24, 2.45) is 0 Å². The number of hydrogen-bond acceptors (Lipinski definition) is 5. The standard InChI is InChI=1S/C6H8F3O5P.Li/c7-6(8,9)3-14-15(11,12)4-1-2-13-5(4)10;/h4H,1-3H2,(H,11,12);/q;+1/p-1. The number of hydrogen-bond donors (Lipinski definition) is 0. The average molecular weight is 254 g/mol. The summed E-state index contributed by atoms with van der Waals surface area (Å²) in [5.41, 5.74) is -1.61. The number of ether oxygens (including phenoxy) is 1. The molecule has 10 heteroatoms. The summed E-state index contributed by atoms with van der Waals surface area (Å²) >= 11 is 0. The van der Waals surface area contributed by atoms with Crippen molar-refractivity contribution < 1.29 is 55.5 Å². The fraction of sp³-hybridized carbons (Fsp3) is 0.833. The maximum atomic E-state index is 11.7. The van der Waals surface area contributed by atoms with Crippen LogP contribution >= 0.6 is 7.60 Å².